The number of hydrogen-bond acceptors (Lipinski definition) is 5. The molecular formula is C11H13BrN4O3. The Labute approximate surface area is 118 Å². The lowest BCUT2D eigenvalue weighted by molar-refractivity contribution is -0.384. The summed E-state index contributed by atoms with van der Waals surface area (Å²) in [7, 11) is 0. The molecule has 1 fully saturated rings. The lowest BCUT2D eigenvalue weighted by Crippen LogP contribution is -2.27. The molecule has 1 saturated carbocycles. The predicted molar refractivity (Wildman–Crippen MR) is 72.9 cm³/mol. The Balaban J connectivity index is 1.91. The first kappa shape index (κ1) is 13.7. The van der Waals surface area contributed by atoms with Crippen LogP contribution < -0.4 is 10.6 Å². The molecule has 0 aromatic carbocycles. The SMILES string of the molecule is O=C(CCNc1c(Br)cncc1[N+](=O)[O-])NC1CC1. The second-order valence-corrected chi connectivity index (χ2v) is 5.15. The fourth-order valence-electron chi connectivity index (χ4n) is 1.57. The van der Waals surface area contributed by atoms with E-state index in [9.17, 15) is 14.9 Å². The van der Waals surface area contributed by atoms with Crippen LogP contribution in [0.3, 0.4) is 0 Å². The molecule has 1 aromatic rings. The normalized spacial score (nSPS) is 13.9. The first-order chi connectivity index (χ1) is 9.08. The van der Waals surface area contributed by atoms with Crippen molar-refractivity contribution < 1.29 is 9.72 Å². The minimum absolute atomic E-state index is 0.0390. The van der Waals surface area contributed by atoms with Crippen molar-refractivity contribution in [2.24, 2.45) is 0 Å². The minimum atomic E-state index is -0.510. The maximum atomic E-state index is 11.5. The van der Waals surface area contributed by atoms with E-state index in [4.69, 9.17) is 0 Å². The fourth-order valence-corrected chi connectivity index (χ4v) is 2.03. The Kier molecular flexibility index (Phi) is 4.31. The second-order valence-electron chi connectivity index (χ2n) is 4.29. The van der Waals surface area contributed by atoms with Crippen LogP contribution in [0, 0.1) is 10.1 Å². The van der Waals surface area contributed by atoms with Crippen LogP contribution in [0.5, 0.6) is 0 Å². The number of rotatable bonds is 6. The monoisotopic (exact) mass is 328 g/mol. The van der Waals surface area contributed by atoms with Crippen molar-refractivity contribution in [1.29, 1.82) is 0 Å². The van der Waals surface area contributed by atoms with E-state index in [0.717, 1.165) is 12.8 Å². The van der Waals surface area contributed by atoms with E-state index in [2.05, 4.69) is 31.5 Å². The standard InChI is InChI=1S/C11H13BrN4O3/c12-8-5-13-6-9(16(18)19)11(8)14-4-3-10(17)15-7-1-2-7/h5-7H,1-4H2,(H,13,14)(H,15,17). The van der Waals surface area contributed by atoms with E-state index in [-0.39, 0.29) is 18.0 Å². The summed E-state index contributed by atoms with van der Waals surface area (Å²) >= 11 is 3.20. The summed E-state index contributed by atoms with van der Waals surface area (Å²) in [5.74, 6) is -0.0390. The molecule has 1 aromatic heterocycles. The minimum Gasteiger partial charge on any atom is -0.378 e. The summed E-state index contributed by atoms with van der Waals surface area (Å²) in [5.41, 5.74) is 0.233. The van der Waals surface area contributed by atoms with Crippen LogP contribution in [0.15, 0.2) is 16.9 Å². The van der Waals surface area contributed by atoms with Gasteiger partial charge in [-0.05, 0) is 28.8 Å². The topological polar surface area (TPSA) is 97.2 Å². The second kappa shape index (κ2) is 5.96. The maximum absolute atomic E-state index is 11.5. The van der Waals surface area contributed by atoms with Crippen LogP contribution in [0.25, 0.3) is 0 Å². The summed E-state index contributed by atoms with van der Waals surface area (Å²) in [5, 5.41) is 16.6. The third-order valence-electron chi connectivity index (χ3n) is 2.67. The molecule has 7 nitrogen and oxygen atoms in total. The van der Waals surface area contributed by atoms with E-state index in [1.165, 1.54) is 12.4 Å². The van der Waals surface area contributed by atoms with Crippen molar-refractivity contribution in [3.63, 3.8) is 0 Å². The highest BCUT2D eigenvalue weighted by atomic mass is 79.9. The molecule has 2 N–H and O–H groups in total. The van der Waals surface area contributed by atoms with Gasteiger partial charge in [-0.15, -0.1) is 0 Å². The number of nitro groups is 1. The largest absolute Gasteiger partial charge is 0.378 e. The molecule has 1 amide bonds. The maximum Gasteiger partial charge on any atom is 0.311 e. The molecule has 0 radical (unpaired) electrons. The summed E-state index contributed by atoms with van der Waals surface area (Å²) in [6.45, 7) is 0.335. The molecule has 0 atom stereocenters. The van der Waals surface area contributed by atoms with Crippen LogP contribution in [0.1, 0.15) is 19.3 Å². The van der Waals surface area contributed by atoms with Gasteiger partial charge in [-0.25, -0.2) is 0 Å². The van der Waals surface area contributed by atoms with Crippen LogP contribution in [-0.2, 0) is 4.79 Å². The number of pyridine rings is 1. The number of carbonyl (C=O) groups is 1. The number of aromatic nitrogens is 1. The Morgan fingerprint density at radius 1 is 1.53 bits per heavy atom. The smallest absolute Gasteiger partial charge is 0.311 e. The molecule has 19 heavy (non-hydrogen) atoms. The van der Waals surface area contributed by atoms with Crippen LogP contribution in [-0.4, -0.2) is 28.4 Å². The number of nitrogens with one attached hydrogen (secondary N) is 2. The molecular weight excluding hydrogens is 316 g/mol. The van der Waals surface area contributed by atoms with Gasteiger partial charge in [0.2, 0.25) is 5.91 Å². The van der Waals surface area contributed by atoms with Gasteiger partial charge < -0.3 is 10.6 Å². The van der Waals surface area contributed by atoms with Crippen molar-refractivity contribution in [1.82, 2.24) is 10.3 Å². The highest BCUT2D eigenvalue weighted by molar-refractivity contribution is 9.10. The van der Waals surface area contributed by atoms with Gasteiger partial charge in [0, 0.05) is 25.2 Å². The molecule has 0 saturated heterocycles. The van der Waals surface area contributed by atoms with Crippen molar-refractivity contribution >= 4 is 33.2 Å². The van der Waals surface area contributed by atoms with E-state index in [0.29, 0.717) is 22.7 Å². The number of halogens is 1. The zero-order valence-electron chi connectivity index (χ0n) is 10.1. The zero-order valence-corrected chi connectivity index (χ0v) is 11.6. The average molecular weight is 329 g/mol. The van der Waals surface area contributed by atoms with Crippen LogP contribution in [0.2, 0.25) is 0 Å². The van der Waals surface area contributed by atoms with Crippen molar-refractivity contribution in [2.75, 3.05) is 11.9 Å². The highest BCUT2D eigenvalue weighted by Crippen LogP contribution is 2.30. The first-order valence-electron chi connectivity index (χ1n) is 5.89. The van der Waals surface area contributed by atoms with Gasteiger partial charge in [0.15, 0.2) is 0 Å². The lowest BCUT2D eigenvalue weighted by Gasteiger charge is -2.08. The van der Waals surface area contributed by atoms with E-state index >= 15 is 0 Å². The van der Waals surface area contributed by atoms with Gasteiger partial charge >= 0.3 is 5.69 Å². The quantitative estimate of drug-likeness (QED) is 0.613. The van der Waals surface area contributed by atoms with E-state index in [1.807, 2.05) is 0 Å². The van der Waals surface area contributed by atoms with Gasteiger partial charge in [0.25, 0.3) is 0 Å². The van der Waals surface area contributed by atoms with Gasteiger partial charge in [-0.1, -0.05) is 0 Å². The molecule has 2 rings (SSSR count). The number of hydrogen-bond donors (Lipinski definition) is 2. The Morgan fingerprint density at radius 2 is 2.26 bits per heavy atom. The Bertz CT molecular complexity index is 505. The molecule has 0 aliphatic heterocycles. The molecule has 0 unspecified atom stereocenters. The van der Waals surface area contributed by atoms with E-state index in [1.54, 1.807) is 0 Å². The van der Waals surface area contributed by atoms with Gasteiger partial charge in [-0.3, -0.25) is 19.9 Å². The van der Waals surface area contributed by atoms with Crippen molar-refractivity contribution in [2.45, 2.75) is 25.3 Å². The molecule has 0 bridgehead atoms. The Hall–Kier alpha value is -1.70. The molecule has 1 aliphatic carbocycles. The molecule has 0 spiro atoms. The molecule has 102 valence electrons. The number of carbonyl (C=O) groups excluding carboxylic acids is 1. The molecule has 1 heterocycles. The molecule has 8 heteroatoms. The summed E-state index contributed by atoms with van der Waals surface area (Å²) in [6, 6.07) is 0.328. The number of amides is 1. The van der Waals surface area contributed by atoms with Crippen LogP contribution in [0.4, 0.5) is 11.4 Å². The molecule has 1 aliphatic rings. The third-order valence-corrected chi connectivity index (χ3v) is 3.27. The van der Waals surface area contributed by atoms with Crippen molar-refractivity contribution in [3.8, 4) is 0 Å². The fraction of sp³-hybridized carbons (Fsp3) is 0.455. The van der Waals surface area contributed by atoms with E-state index < -0.39 is 4.92 Å². The zero-order chi connectivity index (χ0) is 13.8. The summed E-state index contributed by atoms with van der Waals surface area (Å²) in [6.07, 6.45) is 5.01. The number of anilines is 1. The third kappa shape index (κ3) is 3.88. The van der Waals surface area contributed by atoms with Gasteiger partial charge in [0.05, 0.1) is 9.40 Å². The Morgan fingerprint density at radius 3 is 2.89 bits per heavy atom. The van der Waals surface area contributed by atoms with Gasteiger partial charge in [0.1, 0.15) is 11.9 Å². The summed E-state index contributed by atoms with van der Waals surface area (Å²) < 4.78 is 0.504. The lowest BCUT2D eigenvalue weighted by atomic mass is 10.3. The first-order valence-corrected chi connectivity index (χ1v) is 6.68. The van der Waals surface area contributed by atoms with Gasteiger partial charge in [-0.2, -0.15) is 0 Å². The summed E-state index contributed by atoms with van der Waals surface area (Å²) in [4.78, 5) is 25.6. The predicted octanol–water partition coefficient (Wildman–Crippen LogP) is 1.83. The average Bonchev–Trinajstić information content (AvgIpc) is 3.14. The van der Waals surface area contributed by atoms with Crippen molar-refractivity contribution in [3.05, 3.63) is 27.0 Å². The highest BCUT2D eigenvalue weighted by Gasteiger charge is 2.23. The van der Waals surface area contributed by atoms with Crippen LogP contribution >= 0.6 is 15.9 Å². The number of nitrogens with zero attached hydrogens (tertiary/aromatic N) is 2.